The predicted molar refractivity (Wildman–Crippen MR) is 55.3 cm³/mol. The average molecular weight is 218 g/mol. The summed E-state index contributed by atoms with van der Waals surface area (Å²) in [5, 5.41) is 4.11. The molecule has 0 aliphatic carbocycles. The molecule has 0 radical (unpaired) electrons. The summed E-state index contributed by atoms with van der Waals surface area (Å²) in [6, 6.07) is 5.47. The number of carbonyl (C=O) groups excluding carboxylic acids is 1. The number of carbonyl (C=O) groups is 1. The Morgan fingerprint density at radius 2 is 2.31 bits per heavy atom. The highest BCUT2D eigenvalue weighted by Gasteiger charge is 2.07. The highest BCUT2D eigenvalue weighted by Crippen LogP contribution is 2.08. The molecule has 0 saturated carbocycles. The lowest BCUT2D eigenvalue weighted by molar-refractivity contribution is -0.141. The number of pyridine rings is 1. The van der Waals surface area contributed by atoms with Crippen molar-refractivity contribution in [2.45, 2.75) is 6.54 Å². The van der Waals surface area contributed by atoms with E-state index in [1.165, 1.54) is 18.1 Å². The molecule has 2 aromatic rings. The van der Waals surface area contributed by atoms with Crippen molar-refractivity contribution in [1.29, 1.82) is 0 Å². The number of methoxy groups -OCH3 is 1. The van der Waals surface area contributed by atoms with Crippen LogP contribution in [0.1, 0.15) is 0 Å². The van der Waals surface area contributed by atoms with Gasteiger partial charge in [-0.05, 0) is 12.1 Å². The minimum Gasteiger partial charge on any atom is -0.468 e. The zero-order valence-electron chi connectivity index (χ0n) is 8.70. The van der Waals surface area contributed by atoms with Crippen molar-refractivity contribution in [3.63, 3.8) is 0 Å². The van der Waals surface area contributed by atoms with Crippen LogP contribution in [-0.2, 0) is 16.1 Å². The Labute approximate surface area is 91.9 Å². The maximum absolute atomic E-state index is 11.0. The van der Waals surface area contributed by atoms with Gasteiger partial charge in [-0.1, -0.05) is 6.07 Å². The van der Waals surface area contributed by atoms with Gasteiger partial charge in [-0.2, -0.15) is 0 Å². The second-order valence-electron chi connectivity index (χ2n) is 3.06. The molecule has 0 bridgehead atoms. The molecule has 0 N–H and O–H groups in total. The number of hydrogen-bond donors (Lipinski definition) is 0. The first-order valence-electron chi connectivity index (χ1n) is 4.67. The molecular formula is C10H10N4O2. The quantitative estimate of drug-likeness (QED) is 0.702. The fourth-order valence-corrected chi connectivity index (χ4v) is 1.18. The smallest absolute Gasteiger partial charge is 0.327 e. The zero-order valence-corrected chi connectivity index (χ0v) is 8.70. The van der Waals surface area contributed by atoms with Gasteiger partial charge in [-0.15, -0.1) is 5.10 Å². The molecule has 0 atom stereocenters. The summed E-state index contributed by atoms with van der Waals surface area (Å²) in [7, 11) is 1.33. The Morgan fingerprint density at radius 3 is 3.00 bits per heavy atom. The summed E-state index contributed by atoms with van der Waals surface area (Å²) in [4.78, 5) is 19.2. The number of esters is 1. The van der Waals surface area contributed by atoms with Crippen LogP contribution in [0.25, 0.3) is 11.5 Å². The van der Waals surface area contributed by atoms with Gasteiger partial charge in [0.1, 0.15) is 18.6 Å². The maximum atomic E-state index is 11.0. The fourth-order valence-electron chi connectivity index (χ4n) is 1.18. The molecule has 0 aliphatic rings. The summed E-state index contributed by atoms with van der Waals surface area (Å²) in [6.45, 7) is 0.0519. The molecule has 6 heteroatoms. The van der Waals surface area contributed by atoms with E-state index in [9.17, 15) is 4.79 Å². The van der Waals surface area contributed by atoms with E-state index in [0.29, 0.717) is 11.5 Å². The van der Waals surface area contributed by atoms with E-state index >= 15 is 0 Å². The van der Waals surface area contributed by atoms with E-state index < -0.39 is 0 Å². The molecule has 0 unspecified atom stereocenters. The minimum atomic E-state index is -0.363. The molecule has 0 spiro atoms. The molecule has 0 fully saturated rings. The first-order valence-corrected chi connectivity index (χ1v) is 4.67. The first kappa shape index (κ1) is 10.3. The van der Waals surface area contributed by atoms with Crippen molar-refractivity contribution in [2.75, 3.05) is 7.11 Å². The molecule has 0 amide bonds. The Kier molecular flexibility index (Phi) is 2.90. The van der Waals surface area contributed by atoms with Gasteiger partial charge in [0.15, 0.2) is 5.82 Å². The van der Waals surface area contributed by atoms with Gasteiger partial charge in [-0.3, -0.25) is 9.78 Å². The Hall–Kier alpha value is -2.24. The van der Waals surface area contributed by atoms with Gasteiger partial charge in [0, 0.05) is 6.20 Å². The van der Waals surface area contributed by atoms with Crippen LogP contribution in [0, 0.1) is 0 Å². The molecule has 0 aromatic carbocycles. The van der Waals surface area contributed by atoms with Crippen LogP contribution >= 0.6 is 0 Å². The minimum absolute atomic E-state index is 0.0519. The molecule has 0 aliphatic heterocycles. The van der Waals surface area contributed by atoms with Gasteiger partial charge >= 0.3 is 5.97 Å². The summed E-state index contributed by atoms with van der Waals surface area (Å²) >= 11 is 0. The largest absolute Gasteiger partial charge is 0.468 e. The number of hydrogen-bond acceptors (Lipinski definition) is 5. The highest BCUT2D eigenvalue weighted by atomic mass is 16.5. The molecule has 2 aromatic heterocycles. The van der Waals surface area contributed by atoms with E-state index in [0.717, 1.165) is 0 Å². The van der Waals surface area contributed by atoms with Gasteiger partial charge in [0.25, 0.3) is 0 Å². The third-order valence-electron chi connectivity index (χ3n) is 1.95. The SMILES string of the molecule is COC(=O)Cn1cnc(-c2ccccn2)n1. The number of rotatable bonds is 3. The van der Waals surface area contributed by atoms with Gasteiger partial charge in [-0.25, -0.2) is 9.67 Å². The van der Waals surface area contributed by atoms with Crippen LogP contribution in [0.5, 0.6) is 0 Å². The van der Waals surface area contributed by atoms with Crippen molar-refractivity contribution >= 4 is 5.97 Å². The molecule has 6 nitrogen and oxygen atoms in total. The number of ether oxygens (including phenoxy) is 1. The van der Waals surface area contributed by atoms with Gasteiger partial charge < -0.3 is 4.74 Å². The summed E-state index contributed by atoms with van der Waals surface area (Å²) in [6.07, 6.45) is 3.14. The third-order valence-corrected chi connectivity index (χ3v) is 1.95. The Bertz CT molecular complexity index is 481. The Morgan fingerprint density at radius 1 is 1.44 bits per heavy atom. The monoisotopic (exact) mass is 218 g/mol. The van der Waals surface area contributed by atoms with Crippen LogP contribution in [0.15, 0.2) is 30.7 Å². The molecule has 2 heterocycles. The second kappa shape index (κ2) is 4.52. The maximum Gasteiger partial charge on any atom is 0.327 e. The zero-order chi connectivity index (χ0) is 11.4. The van der Waals surface area contributed by atoms with Crippen LogP contribution in [0.3, 0.4) is 0 Å². The standard InChI is InChI=1S/C10H10N4O2/c1-16-9(15)6-14-7-12-10(13-14)8-4-2-3-5-11-8/h2-5,7H,6H2,1H3. The normalized spacial score (nSPS) is 10.1. The van der Waals surface area contributed by atoms with E-state index in [2.05, 4.69) is 19.8 Å². The van der Waals surface area contributed by atoms with E-state index in [1.807, 2.05) is 12.1 Å². The van der Waals surface area contributed by atoms with Crippen molar-refractivity contribution in [3.8, 4) is 11.5 Å². The van der Waals surface area contributed by atoms with Crippen LogP contribution < -0.4 is 0 Å². The van der Waals surface area contributed by atoms with Crippen LogP contribution in [0.2, 0.25) is 0 Å². The Balaban J connectivity index is 2.17. The summed E-state index contributed by atoms with van der Waals surface area (Å²) in [5.41, 5.74) is 0.672. The molecule has 16 heavy (non-hydrogen) atoms. The lowest BCUT2D eigenvalue weighted by Gasteiger charge is -1.97. The molecular weight excluding hydrogens is 208 g/mol. The van der Waals surface area contributed by atoms with Gasteiger partial charge in [0.2, 0.25) is 0 Å². The van der Waals surface area contributed by atoms with Crippen molar-refractivity contribution in [2.24, 2.45) is 0 Å². The van der Waals surface area contributed by atoms with Crippen molar-refractivity contribution in [1.82, 2.24) is 19.7 Å². The lowest BCUT2D eigenvalue weighted by atomic mass is 10.3. The van der Waals surface area contributed by atoms with Crippen LogP contribution in [-0.4, -0.2) is 32.8 Å². The fraction of sp³-hybridized carbons (Fsp3) is 0.200. The third kappa shape index (κ3) is 2.22. The average Bonchev–Trinajstić information content (AvgIpc) is 2.78. The summed E-state index contributed by atoms with van der Waals surface area (Å²) < 4.78 is 5.94. The topological polar surface area (TPSA) is 69.9 Å². The van der Waals surface area contributed by atoms with Crippen molar-refractivity contribution in [3.05, 3.63) is 30.7 Å². The molecule has 0 saturated heterocycles. The number of aromatic nitrogens is 4. The lowest BCUT2D eigenvalue weighted by Crippen LogP contribution is -2.11. The van der Waals surface area contributed by atoms with E-state index in [1.54, 1.807) is 12.3 Å². The first-order chi connectivity index (χ1) is 7.79. The van der Waals surface area contributed by atoms with Crippen LogP contribution in [0.4, 0.5) is 0 Å². The predicted octanol–water partition coefficient (Wildman–Crippen LogP) is 0.513. The highest BCUT2D eigenvalue weighted by molar-refractivity contribution is 5.68. The second-order valence-corrected chi connectivity index (χ2v) is 3.06. The number of nitrogens with zero attached hydrogens (tertiary/aromatic N) is 4. The molecule has 82 valence electrons. The van der Waals surface area contributed by atoms with Gasteiger partial charge in [0.05, 0.1) is 7.11 Å². The summed E-state index contributed by atoms with van der Waals surface area (Å²) in [5.74, 6) is 0.127. The molecule has 2 rings (SSSR count). The van der Waals surface area contributed by atoms with E-state index in [-0.39, 0.29) is 12.5 Å². The van der Waals surface area contributed by atoms with Crippen molar-refractivity contribution < 1.29 is 9.53 Å². The van der Waals surface area contributed by atoms with E-state index in [4.69, 9.17) is 0 Å².